The van der Waals surface area contributed by atoms with E-state index in [1.807, 2.05) is 0 Å². The van der Waals surface area contributed by atoms with E-state index in [0.717, 1.165) is 42.1 Å². The third kappa shape index (κ3) is 7.20. The summed E-state index contributed by atoms with van der Waals surface area (Å²) in [6, 6.07) is 8.75. The zero-order valence-corrected chi connectivity index (χ0v) is 29.5. The topological polar surface area (TPSA) is 40.5 Å². The minimum absolute atomic E-state index is 0.0517. The van der Waals surface area contributed by atoms with E-state index in [-0.39, 0.29) is 26.3 Å². The molecule has 1 saturated carbocycles. The van der Waals surface area contributed by atoms with E-state index in [9.17, 15) is 10.2 Å². The van der Waals surface area contributed by atoms with E-state index in [1.165, 1.54) is 49.7 Å². The molecule has 4 rings (SSSR count). The van der Waals surface area contributed by atoms with Crippen LogP contribution in [0.4, 0.5) is 0 Å². The summed E-state index contributed by atoms with van der Waals surface area (Å²) in [7, 11) is 0.716. The molecular weight excluding hydrogens is 664 g/mol. The van der Waals surface area contributed by atoms with Gasteiger partial charge in [0.15, 0.2) is 0 Å². The van der Waals surface area contributed by atoms with Gasteiger partial charge in [0.05, 0.1) is 0 Å². The molecule has 204 valence electrons. The molecule has 0 spiro atoms. The van der Waals surface area contributed by atoms with Crippen molar-refractivity contribution in [3.8, 4) is 11.5 Å². The molecule has 2 nitrogen and oxygen atoms in total. The molecule has 4 atom stereocenters. The number of phenols is 2. The van der Waals surface area contributed by atoms with Crippen LogP contribution in [0.3, 0.4) is 0 Å². The number of aromatic hydroxyl groups is 2. The maximum absolute atomic E-state index is 11.1. The first-order valence-electron chi connectivity index (χ1n) is 13.4. The second-order valence-corrected chi connectivity index (χ2v) is 25.9. The van der Waals surface area contributed by atoms with Crippen molar-refractivity contribution in [1.82, 2.24) is 0 Å². The molecule has 7 heteroatoms. The fourth-order valence-electron chi connectivity index (χ4n) is 5.33. The number of phenolic OH excluding ortho intramolecular Hbond substituents is 2. The Morgan fingerprint density at radius 2 is 1.08 bits per heavy atom. The van der Waals surface area contributed by atoms with Crippen LogP contribution in [0.25, 0.3) is 0 Å². The Morgan fingerprint density at radius 3 is 1.43 bits per heavy atom. The molecule has 2 aliphatic rings. The van der Waals surface area contributed by atoms with Crippen LogP contribution in [0.15, 0.2) is 33.2 Å². The average Bonchev–Trinajstić information content (AvgIpc) is 3.07. The van der Waals surface area contributed by atoms with Gasteiger partial charge in [-0.3, -0.25) is 0 Å². The van der Waals surface area contributed by atoms with Gasteiger partial charge in [0, 0.05) is 0 Å². The number of halogens is 2. The third-order valence-corrected chi connectivity index (χ3v) is 24.9. The van der Waals surface area contributed by atoms with Crippen LogP contribution < -0.4 is 0 Å². The molecule has 0 aromatic heterocycles. The number of rotatable bonds is 4. The van der Waals surface area contributed by atoms with Crippen LogP contribution in [-0.4, -0.2) is 20.7 Å². The molecule has 2 aromatic rings. The van der Waals surface area contributed by atoms with Crippen molar-refractivity contribution < 1.29 is 25.7 Å². The van der Waals surface area contributed by atoms with Gasteiger partial charge in [-0.25, -0.2) is 0 Å². The number of hydrogen-bond donors (Lipinski definition) is 2. The molecule has 1 heterocycles. The Morgan fingerprint density at radius 1 is 0.703 bits per heavy atom. The Hall–Kier alpha value is 0.414. The molecule has 2 N–H and O–H groups in total. The second kappa shape index (κ2) is 12.1. The molecule has 1 aliphatic carbocycles. The van der Waals surface area contributed by atoms with Crippen molar-refractivity contribution in [3.63, 3.8) is 0 Å². The summed E-state index contributed by atoms with van der Waals surface area (Å²) in [5.74, 6) is 2.94. The minimum atomic E-state index is -0.211. The molecule has 0 saturated heterocycles. The molecule has 2 aromatic carbocycles. The monoisotopic (exact) mass is 704 g/mol. The summed E-state index contributed by atoms with van der Waals surface area (Å²) in [6.07, 6.45) is 8.13. The number of fused-ring (bicyclic) bond motifs is 1. The standard InChI is InChI=1S/C30H42Br2O2S2.Ti/c1-29(2,3)21-13-19(27(33)23(31)15-21)17-35-25-11-9-7-8-10-12-26(25)36-18-20-14-22(30(4,5)6)16-24(32)28(20)34;/h13-16,25-26,33-34H,7-12,17-18H2,1-6H3;/t25-,26?;/m0./s1. The fourth-order valence-corrected chi connectivity index (χ4v) is 27.2. The average molecular weight is 706 g/mol. The van der Waals surface area contributed by atoms with Crippen molar-refractivity contribution >= 4 is 47.8 Å². The summed E-state index contributed by atoms with van der Waals surface area (Å²) < 4.78 is 1.67. The summed E-state index contributed by atoms with van der Waals surface area (Å²) in [6.45, 7) is 13.5. The van der Waals surface area contributed by atoms with E-state index in [2.05, 4.69) is 97.7 Å². The van der Waals surface area contributed by atoms with Gasteiger partial charge in [-0.05, 0) is 0 Å². The van der Waals surface area contributed by atoms with Gasteiger partial charge < -0.3 is 0 Å². The van der Waals surface area contributed by atoms with Crippen LogP contribution in [-0.2, 0) is 37.8 Å². The Balaban J connectivity index is 1.77. The zero-order valence-electron chi connectivity index (χ0n) is 23.1. The van der Waals surface area contributed by atoms with Gasteiger partial charge in [-0.15, -0.1) is 0 Å². The van der Waals surface area contributed by atoms with Gasteiger partial charge in [-0.2, -0.15) is 0 Å². The molecule has 1 fully saturated rings. The maximum atomic E-state index is 11.1. The summed E-state index contributed by atoms with van der Waals surface area (Å²) in [4.78, 5) is 0. The first kappa shape index (κ1) is 30.4. The summed E-state index contributed by atoms with van der Waals surface area (Å²) >= 11 is 7.10. The van der Waals surface area contributed by atoms with Crippen LogP contribution in [0.5, 0.6) is 11.5 Å². The fraction of sp³-hybridized carbons (Fsp3) is 0.600. The first-order chi connectivity index (χ1) is 17.3. The van der Waals surface area contributed by atoms with Crippen molar-refractivity contribution in [1.29, 1.82) is 0 Å². The molecule has 0 radical (unpaired) electrons. The SMILES string of the molecule is CC(C)(C)c1cc(Br)c(O)c(C[S]2=[Ti]=[S](Cc3cc(C(C)(C)C)cc(Br)c3O)[C@H]3CCCCCCC32)c1. The Labute approximate surface area is 251 Å². The Bertz CT molecular complexity index is 1160. The first-order valence-corrected chi connectivity index (χ1v) is 21.8. The van der Waals surface area contributed by atoms with Gasteiger partial charge >= 0.3 is 253 Å². The summed E-state index contributed by atoms with van der Waals surface area (Å²) in [5, 5.41) is 23.7. The van der Waals surface area contributed by atoms with Crippen molar-refractivity contribution in [2.45, 2.75) is 113 Å². The second-order valence-electron chi connectivity index (χ2n) is 12.7. The van der Waals surface area contributed by atoms with E-state index in [1.54, 1.807) is 0 Å². The van der Waals surface area contributed by atoms with E-state index < -0.39 is 0 Å². The van der Waals surface area contributed by atoms with Crippen molar-refractivity contribution in [3.05, 3.63) is 55.5 Å². The van der Waals surface area contributed by atoms with Gasteiger partial charge in [-0.1, -0.05) is 0 Å². The van der Waals surface area contributed by atoms with Gasteiger partial charge in [0.1, 0.15) is 0 Å². The van der Waals surface area contributed by atoms with Crippen LogP contribution in [0.1, 0.15) is 102 Å². The molecule has 37 heavy (non-hydrogen) atoms. The van der Waals surface area contributed by atoms with E-state index in [0.29, 0.717) is 27.4 Å². The number of hydrogen-bond acceptors (Lipinski definition) is 2. The van der Waals surface area contributed by atoms with Gasteiger partial charge in [0.2, 0.25) is 0 Å². The summed E-state index contributed by atoms with van der Waals surface area (Å²) in [5.41, 5.74) is 4.96. The molecule has 1 aliphatic heterocycles. The van der Waals surface area contributed by atoms with E-state index >= 15 is 0 Å². The van der Waals surface area contributed by atoms with Crippen molar-refractivity contribution in [2.24, 2.45) is 0 Å². The predicted molar refractivity (Wildman–Crippen MR) is 167 cm³/mol. The Kier molecular flexibility index (Phi) is 9.94. The zero-order chi connectivity index (χ0) is 27.1. The normalized spacial score (nSPS) is 24.5. The molecule has 3 unspecified atom stereocenters. The van der Waals surface area contributed by atoms with E-state index in [4.69, 9.17) is 0 Å². The van der Waals surface area contributed by atoms with Crippen LogP contribution >= 0.6 is 47.8 Å². The third-order valence-electron chi connectivity index (χ3n) is 7.73. The van der Waals surface area contributed by atoms with Crippen molar-refractivity contribution in [2.75, 3.05) is 0 Å². The van der Waals surface area contributed by atoms with Crippen LogP contribution in [0, 0.1) is 0 Å². The molecular formula is C30H42Br2O2S2Ti. The van der Waals surface area contributed by atoms with Gasteiger partial charge in [0.25, 0.3) is 0 Å². The van der Waals surface area contributed by atoms with Crippen LogP contribution in [0.2, 0.25) is 0 Å². The number of benzene rings is 2. The quantitative estimate of drug-likeness (QED) is 0.311. The predicted octanol–water partition coefficient (Wildman–Crippen LogP) is 10.5. The molecule has 0 bridgehead atoms. The molecule has 0 amide bonds.